The maximum atomic E-state index is 12.8. The molecular formula is C24H18N4O3. The van der Waals surface area contributed by atoms with Crippen LogP contribution in [0.3, 0.4) is 0 Å². The van der Waals surface area contributed by atoms with E-state index in [0.29, 0.717) is 34.0 Å². The minimum Gasteiger partial charge on any atom is -0.457 e. The number of rotatable bonds is 5. The van der Waals surface area contributed by atoms with Crippen LogP contribution in [-0.4, -0.2) is 15.5 Å². The van der Waals surface area contributed by atoms with Crippen molar-refractivity contribution in [1.82, 2.24) is 9.55 Å². The second-order valence-corrected chi connectivity index (χ2v) is 6.84. The number of nitriles is 1. The summed E-state index contributed by atoms with van der Waals surface area (Å²) >= 11 is 0. The molecule has 1 heterocycles. The molecule has 0 aliphatic carbocycles. The van der Waals surface area contributed by atoms with Crippen LogP contribution in [0, 0.1) is 18.3 Å². The van der Waals surface area contributed by atoms with Gasteiger partial charge in [-0.1, -0.05) is 12.1 Å². The van der Waals surface area contributed by atoms with E-state index in [0.717, 1.165) is 5.69 Å². The second-order valence-electron chi connectivity index (χ2n) is 6.84. The van der Waals surface area contributed by atoms with Crippen LogP contribution < -0.4 is 15.7 Å². The summed E-state index contributed by atoms with van der Waals surface area (Å²) in [5.74, 6) is 0.762. The number of nitrogens with zero attached hydrogens (tertiary/aromatic N) is 2. The van der Waals surface area contributed by atoms with Crippen LogP contribution >= 0.6 is 0 Å². The Bertz CT molecular complexity index is 1340. The molecular weight excluding hydrogens is 392 g/mol. The Labute approximate surface area is 178 Å². The zero-order valence-corrected chi connectivity index (χ0v) is 16.6. The fourth-order valence-electron chi connectivity index (χ4n) is 3.14. The standard InChI is InChI=1S/C24H18N4O3/c1-16-15-26-24(30)28(16)20-6-3-5-19(13-20)27-23(29)18-4-2-7-22(12-18)31-21-10-8-17(14-25)9-11-21/h2-13,15H,1H3,(H,26,30)(H,27,29). The number of carbonyl (C=O) groups is 1. The molecule has 7 nitrogen and oxygen atoms in total. The Morgan fingerprint density at radius 3 is 2.52 bits per heavy atom. The first-order chi connectivity index (χ1) is 15.0. The van der Waals surface area contributed by atoms with Gasteiger partial charge in [-0.3, -0.25) is 9.36 Å². The van der Waals surface area contributed by atoms with Gasteiger partial charge in [-0.15, -0.1) is 0 Å². The molecule has 0 saturated heterocycles. The van der Waals surface area contributed by atoms with E-state index >= 15 is 0 Å². The van der Waals surface area contributed by atoms with Crippen molar-refractivity contribution in [2.45, 2.75) is 6.92 Å². The molecule has 0 bridgehead atoms. The Kier molecular flexibility index (Phi) is 5.37. The van der Waals surface area contributed by atoms with E-state index < -0.39 is 0 Å². The number of carbonyl (C=O) groups excluding carboxylic acids is 1. The van der Waals surface area contributed by atoms with Crippen molar-refractivity contribution in [2.24, 2.45) is 0 Å². The van der Waals surface area contributed by atoms with E-state index in [1.54, 1.807) is 79.0 Å². The number of aromatic nitrogens is 2. The highest BCUT2D eigenvalue weighted by molar-refractivity contribution is 6.04. The molecule has 0 unspecified atom stereocenters. The third-order valence-corrected chi connectivity index (χ3v) is 4.64. The molecule has 4 rings (SSSR count). The number of anilines is 1. The summed E-state index contributed by atoms with van der Waals surface area (Å²) in [6.07, 6.45) is 1.63. The molecule has 2 N–H and O–H groups in total. The Morgan fingerprint density at radius 1 is 1.03 bits per heavy atom. The lowest BCUT2D eigenvalue weighted by Crippen LogP contribution is -2.16. The van der Waals surface area contributed by atoms with Crippen molar-refractivity contribution in [3.05, 3.63) is 106 Å². The summed E-state index contributed by atoms with van der Waals surface area (Å²) in [6, 6.07) is 22.6. The summed E-state index contributed by atoms with van der Waals surface area (Å²) in [5.41, 5.74) is 2.70. The van der Waals surface area contributed by atoms with E-state index in [-0.39, 0.29) is 11.6 Å². The van der Waals surface area contributed by atoms with Gasteiger partial charge in [-0.25, -0.2) is 4.79 Å². The van der Waals surface area contributed by atoms with Gasteiger partial charge in [0, 0.05) is 23.1 Å². The smallest absolute Gasteiger partial charge is 0.330 e. The maximum absolute atomic E-state index is 12.8. The van der Waals surface area contributed by atoms with E-state index in [9.17, 15) is 9.59 Å². The van der Waals surface area contributed by atoms with Crippen molar-refractivity contribution in [2.75, 3.05) is 5.32 Å². The van der Waals surface area contributed by atoms with Crippen LogP contribution in [0.5, 0.6) is 11.5 Å². The van der Waals surface area contributed by atoms with Crippen LogP contribution in [0.1, 0.15) is 21.6 Å². The lowest BCUT2D eigenvalue weighted by molar-refractivity contribution is 0.102. The fraction of sp³-hybridized carbons (Fsp3) is 0.0417. The molecule has 31 heavy (non-hydrogen) atoms. The SMILES string of the molecule is Cc1c[nH]c(=O)n1-c1cccc(NC(=O)c2cccc(Oc3ccc(C#N)cc3)c2)c1. The van der Waals surface area contributed by atoms with Gasteiger partial charge in [-0.2, -0.15) is 5.26 Å². The highest BCUT2D eigenvalue weighted by Gasteiger charge is 2.10. The van der Waals surface area contributed by atoms with E-state index in [1.807, 2.05) is 6.92 Å². The quantitative estimate of drug-likeness (QED) is 0.510. The lowest BCUT2D eigenvalue weighted by atomic mass is 10.2. The summed E-state index contributed by atoms with van der Waals surface area (Å²) in [6.45, 7) is 1.82. The lowest BCUT2D eigenvalue weighted by Gasteiger charge is -2.10. The second kappa shape index (κ2) is 8.43. The van der Waals surface area contributed by atoms with E-state index in [2.05, 4.69) is 16.4 Å². The fourth-order valence-corrected chi connectivity index (χ4v) is 3.14. The topological polar surface area (TPSA) is 99.9 Å². The van der Waals surface area contributed by atoms with Crippen LogP contribution in [-0.2, 0) is 0 Å². The van der Waals surface area contributed by atoms with Gasteiger partial charge < -0.3 is 15.0 Å². The van der Waals surface area contributed by atoms with Crippen molar-refractivity contribution in [1.29, 1.82) is 5.26 Å². The number of aryl methyl sites for hydroxylation is 1. The highest BCUT2D eigenvalue weighted by Crippen LogP contribution is 2.23. The molecule has 0 fully saturated rings. The molecule has 152 valence electrons. The van der Waals surface area contributed by atoms with Crippen molar-refractivity contribution in [3.8, 4) is 23.3 Å². The molecule has 0 radical (unpaired) electrons. The van der Waals surface area contributed by atoms with Gasteiger partial charge in [0.15, 0.2) is 0 Å². The molecule has 0 spiro atoms. The molecule has 0 aliphatic rings. The van der Waals surface area contributed by atoms with Crippen LogP contribution in [0.4, 0.5) is 5.69 Å². The van der Waals surface area contributed by atoms with Crippen LogP contribution in [0.25, 0.3) is 5.69 Å². The summed E-state index contributed by atoms with van der Waals surface area (Å²) in [4.78, 5) is 27.4. The first-order valence-corrected chi connectivity index (χ1v) is 9.50. The van der Waals surface area contributed by atoms with E-state index in [4.69, 9.17) is 10.00 Å². The molecule has 0 saturated carbocycles. The summed E-state index contributed by atoms with van der Waals surface area (Å²) < 4.78 is 7.31. The predicted molar refractivity (Wildman–Crippen MR) is 117 cm³/mol. The molecule has 4 aromatic rings. The predicted octanol–water partition coefficient (Wildman–Crippen LogP) is 4.39. The third-order valence-electron chi connectivity index (χ3n) is 4.64. The molecule has 3 aromatic carbocycles. The Morgan fingerprint density at radius 2 is 1.81 bits per heavy atom. The van der Waals surface area contributed by atoms with E-state index in [1.165, 1.54) is 4.57 Å². The minimum atomic E-state index is -0.305. The number of hydrogen-bond acceptors (Lipinski definition) is 4. The first-order valence-electron chi connectivity index (χ1n) is 9.50. The number of benzene rings is 3. The maximum Gasteiger partial charge on any atom is 0.330 e. The number of ether oxygens (including phenoxy) is 1. The third kappa shape index (κ3) is 4.38. The van der Waals surface area contributed by atoms with Crippen molar-refractivity contribution < 1.29 is 9.53 Å². The Hall–Kier alpha value is -4.57. The molecule has 1 amide bonds. The number of aromatic amines is 1. The van der Waals surface area contributed by atoms with Crippen LogP contribution in [0.15, 0.2) is 83.8 Å². The average molecular weight is 410 g/mol. The van der Waals surface area contributed by atoms with Gasteiger partial charge in [0.25, 0.3) is 5.91 Å². The number of amides is 1. The monoisotopic (exact) mass is 410 g/mol. The minimum absolute atomic E-state index is 0.242. The summed E-state index contributed by atoms with van der Waals surface area (Å²) in [5, 5.41) is 11.7. The van der Waals surface area contributed by atoms with Gasteiger partial charge in [0.1, 0.15) is 11.5 Å². The zero-order valence-electron chi connectivity index (χ0n) is 16.6. The number of H-pyrrole nitrogens is 1. The van der Waals surface area contributed by atoms with Gasteiger partial charge in [0.05, 0.1) is 17.3 Å². The normalized spacial score (nSPS) is 10.3. The highest BCUT2D eigenvalue weighted by atomic mass is 16.5. The summed E-state index contributed by atoms with van der Waals surface area (Å²) in [7, 11) is 0. The number of nitrogens with one attached hydrogen (secondary N) is 2. The molecule has 0 atom stereocenters. The molecule has 7 heteroatoms. The van der Waals surface area contributed by atoms with Gasteiger partial charge in [0.2, 0.25) is 0 Å². The first kappa shape index (κ1) is 19.7. The van der Waals surface area contributed by atoms with Crippen molar-refractivity contribution >= 4 is 11.6 Å². The largest absolute Gasteiger partial charge is 0.457 e. The molecule has 1 aromatic heterocycles. The molecule has 0 aliphatic heterocycles. The number of imidazole rings is 1. The van der Waals surface area contributed by atoms with Crippen molar-refractivity contribution in [3.63, 3.8) is 0 Å². The van der Waals surface area contributed by atoms with Crippen LogP contribution in [0.2, 0.25) is 0 Å². The Balaban J connectivity index is 1.51. The zero-order chi connectivity index (χ0) is 21.8. The van der Waals surface area contributed by atoms with Gasteiger partial charge in [-0.05, 0) is 67.6 Å². The average Bonchev–Trinajstić information content (AvgIpc) is 3.12. The number of hydrogen-bond donors (Lipinski definition) is 2. The van der Waals surface area contributed by atoms with Gasteiger partial charge >= 0.3 is 5.69 Å².